The maximum Gasteiger partial charge on any atom is 0.268 e. The van der Waals surface area contributed by atoms with Crippen molar-refractivity contribution in [2.24, 2.45) is 18.4 Å². The minimum absolute atomic E-state index is 0.0705. The van der Waals surface area contributed by atoms with Crippen molar-refractivity contribution in [2.45, 2.75) is 70.7 Å². The number of rotatable bonds is 9. The fourth-order valence-corrected chi connectivity index (χ4v) is 6.55. The topological polar surface area (TPSA) is 111 Å². The molecule has 0 aromatic carbocycles. The lowest BCUT2D eigenvalue weighted by Gasteiger charge is -2.34. The van der Waals surface area contributed by atoms with Crippen molar-refractivity contribution in [2.75, 3.05) is 18.1 Å². The number of aromatic nitrogens is 4. The van der Waals surface area contributed by atoms with Crippen LogP contribution in [0.15, 0.2) is 41.7 Å². The van der Waals surface area contributed by atoms with Gasteiger partial charge in [-0.3, -0.25) is 4.79 Å². The Morgan fingerprint density at radius 3 is 2.54 bits per heavy atom. The molecule has 10 nitrogen and oxygen atoms in total. The first kappa shape index (κ1) is 27.2. The first-order valence-corrected chi connectivity index (χ1v) is 15.0. The molecule has 1 amide bonds. The predicted molar refractivity (Wildman–Crippen MR) is 149 cm³/mol. The van der Waals surface area contributed by atoms with Gasteiger partial charge in [0, 0.05) is 49.2 Å². The summed E-state index contributed by atoms with van der Waals surface area (Å²) < 4.78 is 37.7. The van der Waals surface area contributed by atoms with Crippen LogP contribution in [0.2, 0.25) is 0 Å². The molecule has 0 bridgehead atoms. The van der Waals surface area contributed by atoms with Crippen molar-refractivity contribution >= 4 is 21.7 Å². The Labute approximate surface area is 230 Å². The van der Waals surface area contributed by atoms with Gasteiger partial charge in [-0.1, -0.05) is 20.3 Å². The van der Waals surface area contributed by atoms with Gasteiger partial charge in [-0.25, -0.2) is 22.8 Å². The van der Waals surface area contributed by atoms with Gasteiger partial charge in [-0.15, -0.1) is 5.10 Å². The van der Waals surface area contributed by atoms with E-state index >= 15 is 0 Å². The SMILES string of the molecule is CCC1CN(c2nc(-n3ccc(OCC4(C)CC4)n3)ccc2C(=O)NS(=O)(=O)c2cn(C)cc2C)C(C)(C)C1. The van der Waals surface area contributed by atoms with Crippen LogP contribution in [0.4, 0.5) is 5.82 Å². The molecule has 1 aliphatic heterocycles. The monoisotopic (exact) mass is 554 g/mol. The van der Waals surface area contributed by atoms with Gasteiger partial charge in [0.2, 0.25) is 5.88 Å². The molecular formula is C28H38N6O4S. The third-order valence-corrected chi connectivity index (χ3v) is 9.45. The van der Waals surface area contributed by atoms with Gasteiger partial charge in [0.25, 0.3) is 15.9 Å². The Kier molecular flexibility index (Phi) is 6.77. The number of pyridine rings is 1. The Balaban J connectivity index is 1.49. The zero-order chi connectivity index (χ0) is 28.2. The number of ether oxygens (including phenoxy) is 1. The van der Waals surface area contributed by atoms with E-state index in [-0.39, 0.29) is 21.4 Å². The molecule has 1 saturated carbocycles. The normalized spacial score (nSPS) is 19.7. The predicted octanol–water partition coefficient (Wildman–Crippen LogP) is 4.23. The van der Waals surface area contributed by atoms with Crippen molar-refractivity contribution < 1.29 is 17.9 Å². The van der Waals surface area contributed by atoms with E-state index in [4.69, 9.17) is 9.72 Å². The highest BCUT2D eigenvalue weighted by molar-refractivity contribution is 7.90. The molecule has 4 heterocycles. The molecule has 1 saturated heterocycles. The summed E-state index contributed by atoms with van der Waals surface area (Å²) in [5.41, 5.74) is 0.727. The van der Waals surface area contributed by atoms with Crippen LogP contribution in [-0.2, 0) is 17.1 Å². The molecule has 39 heavy (non-hydrogen) atoms. The molecule has 11 heteroatoms. The minimum Gasteiger partial charge on any atom is -0.476 e. The summed E-state index contributed by atoms with van der Waals surface area (Å²) in [5, 5.41) is 4.55. The second-order valence-electron chi connectivity index (χ2n) is 12.0. The first-order valence-electron chi connectivity index (χ1n) is 13.5. The fourth-order valence-electron chi connectivity index (χ4n) is 5.31. The van der Waals surface area contributed by atoms with Crippen LogP contribution < -0.4 is 14.4 Å². The fraction of sp³-hybridized carbons (Fsp3) is 0.536. The van der Waals surface area contributed by atoms with E-state index in [1.165, 1.54) is 6.20 Å². The van der Waals surface area contributed by atoms with Gasteiger partial charge in [0.15, 0.2) is 5.82 Å². The van der Waals surface area contributed by atoms with Crippen LogP contribution in [0.25, 0.3) is 5.82 Å². The number of nitrogens with one attached hydrogen (secondary N) is 1. The quantitative estimate of drug-likeness (QED) is 0.421. The molecule has 1 atom stereocenters. The average molecular weight is 555 g/mol. The third kappa shape index (κ3) is 5.54. The van der Waals surface area contributed by atoms with Crippen molar-refractivity contribution in [1.29, 1.82) is 0 Å². The van der Waals surface area contributed by atoms with Gasteiger partial charge < -0.3 is 14.2 Å². The second kappa shape index (κ2) is 9.69. The number of hydrogen-bond donors (Lipinski definition) is 1. The number of aryl methyl sites for hydroxylation is 2. The summed E-state index contributed by atoms with van der Waals surface area (Å²) >= 11 is 0. The summed E-state index contributed by atoms with van der Waals surface area (Å²) in [5.74, 6) is 1.20. The highest BCUT2D eigenvalue weighted by Gasteiger charge is 2.41. The van der Waals surface area contributed by atoms with E-state index in [0.717, 1.165) is 32.2 Å². The van der Waals surface area contributed by atoms with Crippen LogP contribution >= 0.6 is 0 Å². The van der Waals surface area contributed by atoms with Crippen LogP contribution in [0.3, 0.4) is 0 Å². The summed E-state index contributed by atoms with van der Waals surface area (Å²) in [6.07, 6.45) is 9.23. The third-order valence-electron chi connectivity index (χ3n) is 7.99. The molecule has 0 radical (unpaired) electrons. The summed E-state index contributed by atoms with van der Waals surface area (Å²) in [4.78, 5) is 20.6. The van der Waals surface area contributed by atoms with E-state index in [1.54, 1.807) is 53.8 Å². The Bertz CT molecular complexity index is 1500. The van der Waals surface area contributed by atoms with Crippen molar-refractivity contribution in [3.05, 3.63) is 47.9 Å². The minimum atomic E-state index is -4.08. The van der Waals surface area contributed by atoms with E-state index in [1.807, 2.05) is 0 Å². The van der Waals surface area contributed by atoms with Gasteiger partial charge >= 0.3 is 0 Å². The average Bonchev–Trinajstić information content (AvgIpc) is 3.18. The zero-order valence-corrected chi connectivity index (χ0v) is 24.4. The number of carbonyl (C=O) groups is 1. The smallest absolute Gasteiger partial charge is 0.268 e. The maximum absolute atomic E-state index is 13.5. The number of carbonyl (C=O) groups excluding carboxylic acids is 1. The standard InChI is InChI=1S/C28H38N6O4S/c1-7-20-14-27(3,4)33(16-20)25-21(26(35)31-39(36,37)22-17-32(6)15-19(22)2)8-9-23(29-25)34-13-10-24(30-34)38-18-28(5)11-12-28/h8-10,13,15,17,20H,7,11-12,14,16,18H2,1-6H3,(H,31,35). The van der Waals surface area contributed by atoms with E-state index < -0.39 is 15.9 Å². The Morgan fingerprint density at radius 1 is 1.18 bits per heavy atom. The molecule has 0 spiro atoms. The number of sulfonamides is 1. The van der Waals surface area contributed by atoms with Gasteiger partial charge in [0.05, 0.1) is 12.2 Å². The van der Waals surface area contributed by atoms with E-state index in [9.17, 15) is 13.2 Å². The number of hydrogen-bond acceptors (Lipinski definition) is 7. The summed E-state index contributed by atoms with van der Waals surface area (Å²) in [6, 6.07) is 5.11. The molecule has 3 aromatic rings. The maximum atomic E-state index is 13.5. The lowest BCUT2D eigenvalue weighted by molar-refractivity contribution is 0.0981. The van der Waals surface area contributed by atoms with E-state index in [0.29, 0.717) is 35.6 Å². The highest BCUT2D eigenvalue weighted by Crippen LogP contribution is 2.45. The molecule has 2 fully saturated rings. The number of anilines is 1. The van der Waals surface area contributed by atoms with Crippen LogP contribution in [-0.4, -0.2) is 52.3 Å². The molecule has 1 unspecified atom stereocenters. The largest absolute Gasteiger partial charge is 0.476 e. The van der Waals surface area contributed by atoms with Crippen LogP contribution in [0.1, 0.15) is 69.3 Å². The number of amides is 1. The van der Waals surface area contributed by atoms with Crippen LogP contribution in [0.5, 0.6) is 5.88 Å². The summed E-state index contributed by atoms with van der Waals surface area (Å²) in [6.45, 7) is 11.6. The van der Waals surface area contributed by atoms with E-state index in [2.05, 4.69) is 42.4 Å². The lowest BCUT2D eigenvalue weighted by Crippen LogP contribution is -2.41. The van der Waals surface area contributed by atoms with Crippen molar-refractivity contribution in [3.8, 4) is 11.7 Å². The van der Waals surface area contributed by atoms with Gasteiger partial charge in [-0.05, 0) is 63.6 Å². The van der Waals surface area contributed by atoms with Gasteiger partial charge in [-0.2, -0.15) is 0 Å². The first-order chi connectivity index (χ1) is 18.3. The molecule has 5 rings (SSSR count). The second-order valence-corrected chi connectivity index (χ2v) is 13.7. The number of nitrogens with zero attached hydrogens (tertiary/aromatic N) is 5. The highest BCUT2D eigenvalue weighted by atomic mass is 32.2. The molecule has 3 aromatic heterocycles. The molecular weight excluding hydrogens is 516 g/mol. The summed E-state index contributed by atoms with van der Waals surface area (Å²) in [7, 11) is -2.33. The Morgan fingerprint density at radius 2 is 1.92 bits per heavy atom. The van der Waals surface area contributed by atoms with Gasteiger partial charge in [0.1, 0.15) is 10.7 Å². The lowest BCUT2D eigenvalue weighted by atomic mass is 9.95. The van der Waals surface area contributed by atoms with Crippen molar-refractivity contribution in [3.63, 3.8) is 0 Å². The Hall–Kier alpha value is -3.34. The molecule has 1 aliphatic carbocycles. The molecule has 2 aliphatic rings. The molecule has 1 N–H and O–H groups in total. The molecule has 210 valence electrons. The van der Waals surface area contributed by atoms with Crippen LogP contribution in [0, 0.1) is 18.3 Å². The van der Waals surface area contributed by atoms with Crippen molar-refractivity contribution in [1.82, 2.24) is 24.1 Å². The zero-order valence-electron chi connectivity index (χ0n) is 23.6.